The maximum Gasteiger partial charge on any atom is 0.243 e. The lowest BCUT2D eigenvalue weighted by molar-refractivity contribution is -0.129. The van der Waals surface area contributed by atoms with Crippen LogP contribution in [0.15, 0.2) is 24.3 Å². The van der Waals surface area contributed by atoms with Gasteiger partial charge in [-0.25, -0.2) is 5.48 Å². The fraction of sp³-hybridized carbons (Fsp3) is 0.667. The number of aliphatic hydroxyl groups excluding tert-OH is 1. The second-order valence-corrected chi connectivity index (χ2v) is 7.47. The standard InChI is InChI=1S/C21H33NO3/c1-2-5-16-8-10-17(11-9-16)18-12-14-19(15-13-18)20(23)6-3-4-7-21(24)22-25/h12-17,20,23,25H,2-11H2,1H3,(H,22,24). The Morgan fingerprint density at radius 1 is 1.16 bits per heavy atom. The molecule has 0 aromatic heterocycles. The van der Waals surface area contributed by atoms with Crippen molar-refractivity contribution in [3.05, 3.63) is 35.4 Å². The first kappa shape index (κ1) is 19.9. The Morgan fingerprint density at radius 2 is 1.84 bits per heavy atom. The monoisotopic (exact) mass is 347 g/mol. The third-order valence-corrected chi connectivity index (χ3v) is 5.59. The lowest BCUT2D eigenvalue weighted by Gasteiger charge is -2.28. The summed E-state index contributed by atoms with van der Waals surface area (Å²) in [7, 11) is 0. The summed E-state index contributed by atoms with van der Waals surface area (Å²) in [6, 6.07) is 8.47. The third kappa shape index (κ3) is 6.44. The number of unbranched alkanes of at least 4 members (excludes halogenated alkanes) is 1. The molecule has 0 spiro atoms. The van der Waals surface area contributed by atoms with Crippen molar-refractivity contribution in [2.75, 3.05) is 0 Å². The molecule has 1 aromatic rings. The first-order valence-corrected chi connectivity index (χ1v) is 9.84. The number of benzene rings is 1. The van der Waals surface area contributed by atoms with Gasteiger partial charge >= 0.3 is 0 Å². The quantitative estimate of drug-likeness (QED) is 0.339. The van der Waals surface area contributed by atoms with E-state index in [2.05, 4.69) is 31.2 Å². The summed E-state index contributed by atoms with van der Waals surface area (Å²) in [5.74, 6) is 1.24. The molecule has 0 aliphatic heterocycles. The Morgan fingerprint density at radius 3 is 2.44 bits per heavy atom. The van der Waals surface area contributed by atoms with E-state index in [1.807, 2.05) is 0 Å². The normalized spacial score (nSPS) is 21.7. The zero-order valence-electron chi connectivity index (χ0n) is 15.4. The molecular formula is C21H33NO3. The number of amides is 1. The molecule has 2 rings (SSSR count). The molecule has 4 heteroatoms. The molecule has 1 aromatic carbocycles. The molecule has 140 valence electrons. The van der Waals surface area contributed by atoms with Crippen LogP contribution < -0.4 is 5.48 Å². The highest BCUT2D eigenvalue weighted by atomic mass is 16.5. The molecule has 4 nitrogen and oxygen atoms in total. The maximum atomic E-state index is 10.9. The lowest BCUT2D eigenvalue weighted by atomic mass is 9.77. The second kappa shape index (κ2) is 10.6. The molecule has 25 heavy (non-hydrogen) atoms. The Labute approximate surface area is 151 Å². The summed E-state index contributed by atoms with van der Waals surface area (Å²) in [5.41, 5.74) is 3.99. The number of nitrogens with one attached hydrogen (secondary N) is 1. The zero-order valence-corrected chi connectivity index (χ0v) is 15.4. The minimum absolute atomic E-state index is 0.295. The molecule has 0 bridgehead atoms. The first-order chi connectivity index (χ1) is 12.1. The molecule has 1 atom stereocenters. The number of aliphatic hydroxyl groups is 1. The minimum atomic E-state index is -0.480. The van der Waals surface area contributed by atoms with E-state index >= 15 is 0 Å². The average Bonchev–Trinajstić information content (AvgIpc) is 2.66. The molecule has 0 heterocycles. The summed E-state index contributed by atoms with van der Waals surface area (Å²) in [5, 5.41) is 18.7. The Kier molecular flexibility index (Phi) is 8.42. The Balaban J connectivity index is 1.76. The smallest absolute Gasteiger partial charge is 0.243 e. The van der Waals surface area contributed by atoms with Crippen LogP contribution in [0.5, 0.6) is 0 Å². The number of carbonyl (C=O) groups excluding carboxylic acids is 1. The van der Waals surface area contributed by atoms with Crippen LogP contribution in [0.3, 0.4) is 0 Å². The number of rotatable bonds is 9. The Hall–Kier alpha value is -1.39. The molecule has 1 aliphatic rings. The molecule has 3 N–H and O–H groups in total. The average molecular weight is 347 g/mol. The summed E-state index contributed by atoms with van der Waals surface area (Å²) in [4.78, 5) is 10.9. The van der Waals surface area contributed by atoms with Crippen molar-refractivity contribution in [3.8, 4) is 0 Å². The van der Waals surface area contributed by atoms with Gasteiger partial charge in [0.2, 0.25) is 5.91 Å². The number of hydrogen-bond acceptors (Lipinski definition) is 3. The van der Waals surface area contributed by atoms with Crippen molar-refractivity contribution in [2.45, 2.75) is 83.2 Å². The van der Waals surface area contributed by atoms with E-state index in [-0.39, 0.29) is 5.91 Å². The molecule has 1 fully saturated rings. The number of hydroxylamine groups is 1. The number of hydrogen-bond donors (Lipinski definition) is 3. The van der Waals surface area contributed by atoms with Crippen LogP contribution in [0.1, 0.15) is 94.3 Å². The van der Waals surface area contributed by atoms with Gasteiger partial charge in [0.25, 0.3) is 0 Å². The van der Waals surface area contributed by atoms with E-state index in [0.29, 0.717) is 25.2 Å². The van der Waals surface area contributed by atoms with Gasteiger partial charge in [-0.3, -0.25) is 10.0 Å². The van der Waals surface area contributed by atoms with Gasteiger partial charge in [0.1, 0.15) is 0 Å². The van der Waals surface area contributed by atoms with Crippen molar-refractivity contribution < 1.29 is 15.1 Å². The van der Waals surface area contributed by atoms with Gasteiger partial charge in [0.15, 0.2) is 0 Å². The first-order valence-electron chi connectivity index (χ1n) is 9.84. The summed E-state index contributed by atoms with van der Waals surface area (Å²) < 4.78 is 0. The van der Waals surface area contributed by atoms with Crippen molar-refractivity contribution in [1.29, 1.82) is 0 Å². The molecule has 1 unspecified atom stereocenters. The number of carbonyl (C=O) groups is 1. The van der Waals surface area contributed by atoms with E-state index in [1.54, 1.807) is 5.48 Å². The highest BCUT2D eigenvalue weighted by Gasteiger charge is 2.21. The van der Waals surface area contributed by atoms with E-state index in [4.69, 9.17) is 5.21 Å². The lowest BCUT2D eigenvalue weighted by Crippen LogP contribution is -2.17. The van der Waals surface area contributed by atoms with Crippen LogP contribution in [-0.2, 0) is 4.79 Å². The molecule has 1 saturated carbocycles. The van der Waals surface area contributed by atoms with Crippen molar-refractivity contribution >= 4 is 5.91 Å². The van der Waals surface area contributed by atoms with E-state index in [0.717, 1.165) is 17.9 Å². The molecule has 0 saturated heterocycles. The third-order valence-electron chi connectivity index (χ3n) is 5.59. The topological polar surface area (TPSA) is 69.6 Å². The maximum absolute atomic E-state index is 10.9. The Bertz CT molecular complexity index is 506. The van der Waals surface area contributed by atoms with Crippen molar-refractivity contribution in [1.82, 2.24) is 5.48 Å². The van der Waals surface area contributed by atoms with Crippen LogP contribution in [-0.4, -0.2) is 16.2 Å². The van der Waals surface area contributed by atoms with Gasteiger partial charge in [-0.15, -0.1) is 0 Å². The summed E-state index contributed by atoms with van der Waals surface area (Å²) >= 11 is 0. The predicted molar refractivity (Wildman–Crippen MR) is 99.4 cm³/mol. The highest BCUT2D eigenvalue weighted by Crippen LogP contribution is 2.37. The molecule has 0 radical (unpaired) electrons. The van der Waals surface area contributed by atoms with Gasteiger partial charge in [-0.1, -0.05) is 50.5 Å². The van der Waals surface area contributed by atoms with E-state index in [1.165, 1.54) is 44.1 Å². The van der Waals surface area contributed by atoms with Gasteiger partial charge in [-0.2, -0.15) is 0 Å². The highest BCUT2D eigenvalue weighted by molar-refractivity contribution is 5.74. The van der Waals surface area contributed by atoms with Gasteiger partial charge in [0.05, 0.1) is 6.10 Å². The van der Waals surface area contributed by atoms with Crippen LogP contribution in [0.2, 0.25) is 0 Å². The molecule has 1 amide bonds. The molecular weight excluding hydrogens is 314 g/mol. The minimum Gasteiger partial charge on any atom is -0.388 e. The van der Waals surface area contributed by atoms with Crippen LogP contribution in [0.25, 0.3) is 0 Å². The second-order valence-electron chi connectivity index (χ2n) is 7.47. The fourth-order valence-electron chi connectivity index (χ4n) is 4.03. The van der Waals surface area contributed by atoms with Crippen LogP contribution in [0.4, 0.5) is 0 Å². The van der Waals surface area contributed by atoms with Gasteiger partial charge in [-0.05, 0) is 61.5 Å². The van der Waals surface area contributed by atoms with Crippen molar-refractivity contribution in [2.24, 2.45) is 5.92 Å². The predicted octanol–water partition coefficient (Wildman–Crippen LogP) is 4.86. The van der Waals surface area contributed by atoms with Crippen molar-refractivity contribution in [3.63, 3.8) is 0 Å². The summed E-state index contributed by atoms with van der Waals surface area (Å²) in [6.45, 7) is 2.28. The molecule has 1 aliphatic carbocycles. The van der Waals surface area contributed by atoms with E-state index in [9.17, 15) is 9.90 Å². The summed E-state index contributed by atoms with van der Waals surface area (Å²) in [6.07, 6.45) is 9.84. The fourth-order valence-corrected chi connectivity index (χ4v) is 4.03. The van der Waals surface area contributed by atoms with Gasteiger partial charge < -0.3 is 5.11 Å². The van der Waals surface area contributed by atoms with Gasteiger partial charge in [0, 0.05) is 6.42 Å². The largest absolute Gasteiger partial charge is 0.388 e. The van der Waals surface area contributed by atoms with Crippen LogP contribution in [0, 0.1) is 5.92 Å². The zero-order chi connectivity index (χ0) is 18.1. The van der Waals surface area contributed by atoms with E-state index < -0.39 is 6.10 Å². The van der Waals surface area contributed by atoms with Crippen LogP contribution >= 0.6 is 0 Å². The SMILES string of the molecule is CCCC1CCC(c2ccc(C(O)CCCCC(=O)NO)cc2)CC1.